The Balaban J connectivity index is 1.86. The summed E-state index contributed by atoms with van der Waals surface area (Å²) in [5, 5.41) is 0.399. The number of rotatable bonds is 2. The summed E-state index contributed by atoms with van der Waals surface area (Å²) in [6.07, 6.45) is -0.287. The highest BCUT2D eigenvalue weighted by atomic mass is 35.5. The Morgan fingerprint density at radius 3 is 2.45 bits per heavy atom. The molecule has 0 bridgehead atoms. The number of nitrogens with zero attached hydrogens (tertiary/aromatic N) is 2. The quantitative estimate of drug-likeness (QED) is 0.832. The number of carbonyl (C=O) groups is 1. The zero-order valence-corrected chi connectivity index (χ0v) is 14.0. The van der Waals surface area contributed by atoms with E-state index in [9.17, 15) is 9.18 Å². The largest absolute Gasteiger partial charge is 0.444 e. The molecular formula is C16H22ClFN2O2. The number of halogens is 2. The summed E-state index contributed by atoms with van der Waals surface area (Å²) in [5.74, 6) is -0.290. The summed E-state index contributed by atoms with van der Waals surface area (Å²) in [4.78, 5) is 15.8. The van der Waals surface area contributed by atoms with E-state index in [-0.39, 0.29) is 11.9 Å². The number of carbonyl (C=O) groups excluding carboxylic acids is 1. The SMILES string of the molecule is CC(C)(C)OC(=O)N1CCN(Cc2ccc(Cl)cc2F)CC1. The molecular weight excluding hydrogens is 307 g/mol. The topological polar surface area (TPSA) is 32.8 Å². The van der Waals surface area contributed by atoms with Gasteiger partial charge in [0.05, 0.1) is 0 Å². The fraction of sp³-hybridized carbons (Fsp3) is 0.562. The lowest BCUT2D eigenvalue weighted by atomic mass is 10.2. The molecule has 0 saturated carbocycles. The smallest absolute Gasteiger partial charge is 0.410 e. The van der Waals surface area contributed by atoms with Gasteiger partial charge in [0.25, 0.3) is 0 Å². The lowest BCUT2D eigenvalue weighted by molar-refractivity contribution is 0.0138. The minimum Gasteiger partial charge on any atom is -0.444 e. The van der Waals surface area contributed by atoms with E-state index in [1.165, 1.54) is 6.07 Å². The van der Waals surface area contributed by atoms with E-state index in [0.29, 0.717) is 43.3 Å². The van der Waals surface area contributed by atoms with Crippen LogP contribution >= 0.6 is 11.6 Å². The molecule has 122 valence electrons. The molecule has 0 atom stereocenters. The van der Waals surface area contributed by atoms with Crippen molar-refractivity contribution >= 4 is 17.7 Å². The molecule has 0 radical (unpaired) electrons. The first kappa shape index (κ1) is 17.0. The Hall–Kier alpha value is -1.33. The molecule has 1 aliphatic rings. The second-order valence-corrected chi connectivity index (χ2v) is 6.92. The van der Waals surface area contributed by atoms with Crippen LogP contribution in [0, 0.1) is 5.82 Å². The average molecular weight is 329 g/mol. The minimum atomic E-state index is -0.485. The van der Waals surface area contributed by atoms with Gasteiger partial charge in [0, 0.05) is 43.3 Å². The highest BCUT2D eigenvalue weighted by molar-refractivity contribution is 6.30. The van der Waals surface area contributed by atoms with Gasteiger partial charge in [-0.2, -0.15) is 0 Å². The van der Waals surface area contributed by atoms with Crippen molar-refractivity contribution in [2.24, 2.45) is 0 Å². The lowest BCUT2D eigenvalue weighted by Gasteiger charge is -2.35. The molecule has 2 rings (SSSR count). The second-order valence-electron chi connectivity index (χ2n) is 6.48. The second kappa shape index (κ2) is 6.84. The zero-order valence-electron chi connectivity index (χ0n) is 13.2. The fourth-order valence-corrected chi connectivity index (χ4v) is 2.46. The molecule has 0 N–H and O–H groups in total. The third kappa shape index (κ3) is 4.85. The Labute approximate surface area is 135 Å². The van der Waals surface area contributed by atoms with E-state index in [2.05, 4.69) is 4.90 Å². The number of piperazine rings is 1. The van der Waals surface area contributed by atoms with Gasteiger partial charge in [-0.1, -0.05) is 17.7 Å². The molecule has 4 nitrogen and oxygen atoms in total. The summed E-state index contributed by atoms with van der Waals surface area (Å²) >= 11 is 5.75. The Kier molecular flexibility index (Phi) is 5.29. The monoisotopic (exact) mass is 328 g/mol. The van der Waals surface area contributed by atoms with Crippen LogP contribution in [-0.4, -0.2) is 47.7 Å². The number of amides is 1. The summed E-state index contributed by atoms with van der Waals surface area (Å²) in [6.45, 7) is 8.64. The van der Waals surface area contributed by atoms with Crippen molar-refractivity contribution in [3.05, 3.63) is 34.6 Å². The molecule has 1 amide bonds. The molecule has 0 spiro atoms. The normalized spacial score (nSPS) is 16.7. The van der Waals surface area contributed by atoms with Crippen molar-refractivity contribution < 1.29 is 13.9 Å². The van der Waals surface area contributed by atoms with Crippen LogP contribution in [0.15, 0.2) is 18.2 Å². The van der Waals surface area contributed by atoms with Crippen LogP contribution in [0.5, 0.6) is 0 Å². The predicted molar refractivity (Wildman–Crippen MR) is 84.5 cm³/mol. The van der Waals surface area contributed by atoms with E-state index in [4.69, 9.17) is 16.3 Å². The maximum atomic E-state index is 13.8. The standard InChI is InChI=1S/C16H22ClFN2O2/c1-16(2,3)22-15(21)20-8-6-19(7-9-20)11-12-4-5-13(17)10-14(12)18/h4-5,10H,6-9,11H2,1-3H3. The summed E-state index contributed by atoms with van der Waals surface area (Å²) in [6, 6.07) is 4.72. The summed E-state index contributed by atoms with van der Waals surface area (Å²) in [5.41, 5.74) is 0.135. The Morgan fingerprint density at radius 1 is 1.27 bits per heavy atom. The van der Waals surface area contributed by atoms with Crippen LogP contribution in [0.3, 0.4) is 0 Å². The van der Waals surface area contributed by atoms with Crippen molar-refractivity contribution in [2.45, 2.75) is 32.9 Å². The van der Waals surface area contributed by atoms with Crippen molar-refractivity contribution in [3.63, 3.8) is 0 Å². The maximum absolute atomic E-state index is 13.8. The van der Waals surface area contributed by atoms with Gasteiger partial charge in [0.15, 0.2) is 0 Å². The molecule has 1 fully saturated rings. The predicted octanol–water partition coefficient (Wildman–Crippen LogP) is 3.53. The van der Waals surface area contributed by atoms with Crippen molar-refractivity contribution in [1.29, 1.82) is 0 Å². The minimum absolute atomic E-state index is 0.287. The molecule has 1 aromatic rings. The van der Waals surface area contributed by atoms with E-state index >= 15 is 0 Å². The highest BCUT2D eigenvalue weighted by Crippen LogP contribution is 2.18. The van der Waals surface area contributed by atoms with E-state index in [0.717, 1.165) is 0 Å². The molecule has 1 heterocycles. The molecule has 1 aliphatic heterocycles. The van der Waals surface area contributed by atoms with Crippen molar-refractivity contribution in [3.8, 4) is 0 Å². The number of hydrogen-bond donors (Lipinski definition) is 0. The van der Waals surface area contributed by atoms with E-state index in [1.807, 2.05) is 20.8 Å². The molecule has 22 heavy (non-hydrogen) atoms. The van der Waals surface area contributed by atoms with Crippen molar-refractivity contribution in [2.75, 3.05) is 26.2 Å². The van der Waals surface area contributed by atoms with Crippen LogP contribution < -0.4 is 0 Å². The van der Waals surface area contributed by atoms with Crippen LogP contribution in [0.1, 0.15) is 26.3 Å². The molecule has 6 heteroatoms. The molecule has 1 saturated heterocycles. The molecule has 1 aromatic carbocycles. The zero-order chi connectivity index (χ0) is 16.3. The summed E-state index contributed by atoms with van der Waals surface area (Å²) < 4.78 is 19.2. The van der Waals surface area contributed by atoms with Gasteiger partial charge in [-0.15, -0.1) is 0 Å². The van der Waals surface area contributed by atoms with Gasteiger partial charge in [-0.25, -0.2) is 9.18 Å². The van der Waals surface area contributed by atoms with Crippen molar-refractivity contribution in [1.82, 2.24) is 9.80 Å². The van der Waals surface area contributed by atoms with Gasteiger partial charge < -0.3 is 9.64 Å². The summed E-state index contributed by atoms with van der Waals surface area (Å²) in [7, 11) is 0. The lowest BCUT2D eigenvalue weighted by Crippen LogP contribution is -2.49. The Morgan fingerprint density at radius 2 is 1.91 bits per heavy atom. The van der Waals surface area contributed by atoms with Gasteiger partial charge in [-0.05, 0) is 32.9 Å². The van der Waals surface area contributed by atoms with Gasteiger partial charge >= 0.3 is 6.09 Å². The van der Waals surface area contributed by atoms with Crippen LogP contribution in [-0.2, 0) is 11.3 Å². The van der Waals surface area contributed by atoms with E-state index < -0.39 is 5.60 Å². The number of ether oxygens (including phenoxy) is 1. The van der Waals surface area contributed by atoms with Crippen LogP contribution in [0.4, 0.5) is 9.18 Å². The van der Waals surface area contributed by atoms with Crippen LogP contribution in [0.2, 0.25) is 5.02 Å². The molecule has 0 aliphatic carbocycles. The average Bonchev–Trinajstić information content (AvgIpc) is 2.41. The Bertz CT molecular complexity index is 537. The molecule has 0 aromatic heterocycles. The third-order valence-corrected chi connectivity index (χ3v) is 3.67. The first-order valence-electron chi connectivity index (χ1n) is 7.39. The number of benzene rings is 1. The third-order valence-electron chi connectivity index (χ3n) is 3.43. The van der Waals surface area contributed by atoms with Crippen LogP contribution in [0.25, 0.3) is 0 Å². The van der Waals surface area contributed by atoms with Gasteiger partial charge in [0.1, 0.15) is 11.4 Å². The first-order valence-corrected chi connectivity index (χ1v) is 7.76. The van der Waals surface area contributed by atoms with Gasteiger partial charge in [-0.3, -0.25) is 4.90 Å². The fourth-order valence-electron chi connectivity index (χ4n) is 2.31. The first-order chi connectivity index (χ1) is 10.2. The van der Waals surface area contributed by atoms with Gasteiger partial charge in [0.2, 0.25) is 0 Å². The highest BCUT2D eigenvalue weighted by Gasteiger charge is 2.26. The molecule has 0 unspecified atom stereocenters. The maximum Gasteiger partial charge on any atom is 0.410 e. The van der Waals surface area contributed by atoms with E-state index in [1.54, 1.807) is 17.0 Å². The number of hydrogen-bond acceptors (Lipinski definition) is 3.